The second-order valence-electron chi connectivity index (χ2n) is 6.14. The molecular formula is C18H30N2O. The van der Waals surface area contributed by atoms with Crippen LogP contribution in [0.1, 0.15) is 44.2 Å². The lowest BCUT2D eigenvalue weighted by atomic mass is 10.1. The minimum atomic E-state index is 0.588. The zero-order valence-electron chi connectivity index (χ0n) is 13.8. The average molecular weight is 290 g/mol. The quantitative estimate of drug-likeness (QED) is 0.716. The number of hydrogen-bond donors (Lipinski definition) is 1. The van der Waals surface area contributed by atoms with Gasteiger partial charge in [0, 0.05) is 38.8 Å². The fraction of sp³-hybridized carbons (Fsp3) is 0.667. The molecule has 1 N–H and O–H groups in total. The Morgan fingerprint density at radius 3 is 2.62 bits per heavy atom. The van der Waals surface area contributed by atoms with Crippen molar-refractivity contribution >= 4 is 0 Å². The SMILES string of the molecule is CCC(C)N(CCOC)Cc1ccccc1CNC1CC1. The van der Waals surface area contributed by atoms with Gasteiger partial charge in [0.15, 0.2) is 0 Å². The first-order valence-corrected chi connectivity index (χ1v) is 8.27. The predicted octanol–water partition coefficient (Wildman–Crippen LogP) is 3.19. The molecule has 0 aliphatic heterocycles. The number of rotatable bonds is 10. The van der Waals surface area contributed by atoms with E-state index < -0.39 is 0 Å². The van der Waals surface area contributed by atoms with Crippen LogP contribution >= 0.6 is 0 Å². The maximum absolute atomic E-state index is 5.27. The second kappa shape index (κ2) is 8.52. The molecule has 1 aromatic carbocycles. The van der Waals surface area contributed by atoms with E-state index in [9.17, 15) is 0 Å². The molecule has 21 heavy (non-hydrogen) atoms. The normalized spacial score (nSPS) is 16.4. The molecule has 1 aliphatic carbocycles. The molecule has 1 unspecified atom stereocenters. The van der Waals surface area contributed by atoms with Crippen LogP contribution in [0.2, 0.25) is 0 Å². The van der Waals surface area contributed by atoms with Crippen LogP contribution in [0.4, 0.5) is 0 Å². The molecule has 1 fully saturated rings. The molecule has 0 bridgehead atoms. The highest BCUT2D eigenvalue weighted by Gasteiger charge is 2.21. The van der Waals surface area contributed by atoms with Gasteiger partial charge in [-0.1, -0.05) is 31.2 Å². The van der Waals surface area contributed by atoms with Gasteiger partial charge in [-0.2, -0.15) is 0 Å². The molecule has 0 amide bonds. The van der Waals surface area contributed by atoms with E-state index in [1.807, 2.05) is 0 Å². The Kier molecular flexibility index (Phi) is 6.68. The Labute approximate surface area is 129 Å². The first kappa shape index (κ1) is 16.5. The van der Waals surface area contributed by atoms with Gasteiger partial charge < -0.3 is 10.1 Å². The molecule has 0 aromatic heterocycles. The fourth-order valence-electron chi connectivity index (χ4n) is 2.57. The van der Waals surface area contributed by atoms with Crippen molar-refractivity contribution in [2.24, 2.45) is 0 Å². The molecule has 1 saturated carbocycles. The standard InChI is InChI=1S/C18H30N2O/c1-4-15(2)20(11-12-21-3)14-17-8-6-5-7-16(17)13-19-18-9-10-18/h5-8,15,18-19H,4,9-14H2,1-3H3. The molecular weight excluding hydrogens is 260 g/mol. The van der Waals surface area contributed by atoms with Gasteiger partial charge in [0.1, 0.15) is 0 Å². The lowest BCUT2D eigenvalue weighted by Crippen LogP contribution is -2.35. The fourth-order valence-corrected chi connectivity index (χ4v) is 2.57. The molecule has 3 heteroatoms. The van der Waals surface area contributed by atoms with E-state index in [0.717, 1.165) is 32.3 Å². The van der Waals surface area contributed by atoms with Gasteiger partial charge >= 0.3 is 0 Å². The van der Waals surface area contributed by atoms with Gasteiger partial charge in [-0.25, -0.2) is 0 Å². The third kappa shape index (κ3) is 5.42. The van der Waals surface area contributed by atoms with Crippen molar-refractivity contribution < 1.29 is 4.74 Å². The van der Waals surface area contributed by atoms with Crippen LogP contribution in [0.3, 0.4) is 0 Å². The summed E-state index contributed by atoms with van der Waals surface area (Å²) in [6.07, 6.45) is 3.86. The Bertz CT molecular complexity index is 417. The van der Waals surface area contributed by atoms with Crippen molar-refractivity contribution in [2.45, 2.75) is 58.3 Å². The van der Waals surface area contributed by atoms with E-state index in [1.54, 1.807) is 7.11 Å². The lowest BCUT2D eigenvalue weighted by molar-refractivity contribution is 0.118. The van der Waals surface area contributed by atoms with Gasteiger partial charge in [0.05, 0.1) is 6.61 Å². The van der Waals surface area contributed by atoms with E-state index in [1.165, 1.54) is 30.4 Å². The summed E-state index contributed by atoms with van der Waals surface area (Å²) in [6.45, 7) is 8.37. The van der Waals surface area contributed by atoms with Gasteiger partial charge in [-0.05, 0) is 37.3 Å². The molecule has 0 radical (unpaired) electrons. The van der Waals surface area contributed by atoms with Crippen molar-refractivity contribution in [2.75, 3.05) is 20.3 Å². The number of methoxy groups -OCH3 is 1. The van der Waals surface area contributed by atoms with Crippen LogP contribution < -0.4 is 5.32 Å². The smallest absolute Gasteiger partial charge is 0.0589 e. The molecule has 1 atom stereocenters. The Balaban J connectivity index is 1.99. The summed E-state index contributed by atoms with van der Waals surface area (Å²) in [5.74, 6) is 0. The van der Waals surface area contributed by atoms with Gasteiger partial charge in [0.2, 0.25) is 0 Å². The average Bonchev–Trinajstić information content (AvgIpc) is 3.33. The highest BCUT2D eigenvalue weighted by molar-refractivity contribution is 5.27. The predicted molar refractivity (Wildman–Crippen MR) is 88.3 cm³/mol. The van der Waals surface area contributed by atoms with E-state index in [0.29, 0.717) is 6.04 Å². The molecule has 0 saturated heterocycles. The number of hydrogen-bond acceptors (Lipinski definition) is 3. The van der Waals surface area contributed by atoms with E-state index >= 15 is 0 Å². The third-order valence-corrected chi connectivity index (χ3v) is 4.45. The highest BCUT2D eigenvalue weighted by Crippen LogP contribution is 2.21. The third-order valence-electron chi connectivity index (χ3n) is 4.45. The first-order valence-electron chi connectivity index (χ1n) is 8.27. The molecule has 2 rings (SSSR count). The van der Waals surface area contributed by atoms with Gasteiger partial charge in [-0.15, -0.1) is 0 Å². The molecule has 3 nitrogen and oxygen atoms in total. The van der Waals surface area contributed by atoms with Crippen LogP contribution in [-0.2, 0) is 17.8 Å². The van der Waals surface area contributed by atoms with Crippen LogP contribution in [0.5, 0.6) is 0 Å². The van der Waals surface area contributed by atoms with Crippen molar-refractivity contribution in [3.8, 4) is 0 Å². The van der Waals surface area contributed by atoms with Gasteiger partial charge in [-0.3, -0.25) is 4.90 Å². The minimum absolute atomic E-state index is 0.588. The summed E-state index contributed by atoms with van der Waals surface area (Å²) in [5, 5.41) is 3.63. The molecule has 0 spiro atoms. The molecule has 1 aliphatic rings. The van der Waals surface area contributed by atoms with E-state index in [4.69, 9.17) is 4.74 Å². The highest BCUT2D eigenvalue weighted by atomic mass is 16.5. The van der Waals surface area contributed by atoms with Crippen molar-refractivity contribution in [1.29, 1.82) is 0 Å². The van der Waals surface area contributed by atoms with Crippen LogP contribution in [0.15, 0.2) is 24.3 Å². The van der Waals surface area contributed by atoms with E-state index in [-0.39, 0.29) is 0 Å². The Morgan fingerprint density at radius 1 is 1.29 bits per heavy atom. The maximum Gasteiger partial charge on any atom is 0.0589 e. The van der Waals surface area contributed by atoms with Crippen molar-refractivity contribution in [3.63, 3.8) is 0 Å². The number of nitrogens with one attached hydrogen (secondary N) is 1. The molecule has 118 valence electrons. The van der Waals surface area contributed by atoms with Crippen LogP contribution in [-0.4, -0.2) is 37.2 Å². The lowest BCUT2D eigenvalue weighted by Gasteiger charge is -2.29. The first-order chi connectivity index (χ1) is 10.2. The van der Waals surface area contributed by atoms with Gasteiger partial charge in [0.25, 0.3) is 0 Å². The molecule has 0 heterocycles. The maximum atomic E-state index is 5.27. The van der Waals surface area contributed by atoms with Crippen LogP contribution in [0, 0.1) is 0 Å². The summed E-state index contributed by atoms with van der Waals surface area (Å²) in [4.78, 5) is 2.53. The topological polar surface area (TPSA) is 24.5 Å². The zero-order valence-corrected chi connectivity index (χ0v) is 13.8. The van der Waals surface area contributed by atoms with Crippen molar-refractivity contribution in [1.82, 2.24) is 10.2 Å². The largest absolute Gasteiger partial charge is 0.383 e. The number of nitrogens with zero attached hydrogens (tertiary/aromatic N) is 1. The van der Waals surface area contributed by atoms with Crippen molar-refractivity contribution in [3.05, 3.63) is 35.4 Å². The summed E-state index contributed by atoms with van der Waals surface area (Å²) >= 11 is 0. The van der Waals surface area contributed by atoms with Crippen LogP contribution in [0.25, 0.3) is 0 Å². The minimum Gasteiger partial charge on any atom is -0.383 e. The number of ether oxygens (including phenoxy) is 1. The summed E-state index contributed by atoms with van der Waals surface area (Å²) in [7, 11) is 1.78. The second-order valence-corrected chi connectivity index (χ2v) is 6.14. The molecule has 1 aromatic rings. The summed E-state index contributed by atoms with van der Waals surface area (Å²) in [6, 6.07) is 10.2. The Morgan fingerprint density at radius 2 is 2.00 bits per heavy atom. The number of benzene rings is 1. The zero-order chi connectivity index (χ0) is 15.1. The Hall–Kier alpha value is -0.900. The van der Waals surface area contributed by atoms with E-state index in [2.05, 4.69) is 48.3 Å². The monoisotopic (exact) mass is 290 g/mol. The summed E-state index contributed by atoms with van der Waals surface area (Å²) in [5.41, 5.74) is 2.89. The summed E-state index contributed by atoms with van der Waals surface area (Å²) < 4.78 is 5.27.